The number of hydrogen-bond acceptors (Lipinski definition) is 1. The first kappa shape index (κ1) is 7.77. The van der Waals surface area contributed by atoms with Crippen LogP contribution in [0.2, 0.25) is 0 Å². The summed E-state index contributed by atoms with van der Waals surface area (Å²) >= 11 is 6.56. The van der Waals surface area contributed by atoms with Gasteiger partial charge in [-0.05, 0) is 44.0 Å². The lowest BCUT2D eigenvalue weighted by molar-refractivity contribution is 1.45. The Bertz CT molecular complexity index is 288. The normalized spacial score (nSPS) is 8.90. The molecule has 10 heavy (non-hydrogen) atoms. The third kappa shape index (κ3) is 1.39. The van der Waals surface area contributed by atoms with Crippen molar-refractivity contribution in [2.75, 3.05) is 0 Å². The van der Waals surface area contributed by atoms with Gasteiger partial charge in [0.05, 0.1) is 5.56 Å². The molecule has 0 N–H and O–H groups in total. The van der Waals surface area contributed by atoms with E-state index in [0.717, 1.165) is 8.95 Å². The molecule has 0 bridgehead atoms. The number of nitrogens with zero attached hydrogens (tertiary/aromatic N) is 1. The SMILES string of the molecule is N#Cc1cccc(Br)c1Br. The van der Waals surface area contributed by atoms with Crippen molar-refractivity contribution in [1.82, 2.24) is 0 Å². The van der Waals surface area contributed by atoms with Crippen LogP contribution in [0.3, 0.4) is 0 Å². The lowest BCUT2D eigenvalue weighted by atomic mass is 10.2. The van der Waals surface area contributed by atoms with Crippen LogP contribution in [-0.2, 0) is 0 Å². The van der Waals surface area contributed by atoms with E-state index in [9.17, 15) is 0 Å². The van der Waals surface area contributed by atoms with Crippen molar-refractivity contribution >= 4 is 31.9 Å². The summed E-state index contributed by atoms with van der Waals surface area (Å²) in [5, 5.41) is 8.54. The van der Waals surface area contributed by atoms with Gasteiger partial charge in [0.15, 0.2) is 0 Å². The van der Waals surface area contributed by atoms with Gasteiger partial charge in [0.2, 0.25) is 0 Å². The van der Waals surface area contributed by atoms with Gasteiger partial charge < -0.3 is 0 Å². The smallest absolute Gasteiger partial charge is 0.100 e. The molecule has 1 rings (SSSR count). The zero-order valence-corrected chi connectivity index (χ0v) is 8.11. The molecule has 0 aliphatic heterocycles. The third-order valence-corrected chi connectivity index (χ3v) is 3.12. The van der Waals surface area contributed by atoms with Gasteiger partial charge in [0.25, 0.3) is 0 Å². The van der Waals surface area contributed by atoms with Crippen molar-refractivity contribution < 1.29 is 0 Å². The van der Waals surface area contributed by atoms with E-state index >= 15 is 0 Å². The van der Waals surface area contributed by atoms with Crippen LogP contribution in [0.1, 0.15) is 5.56 Å². The summed E-state index contributed by atoms with van der Waals surface area (Å²) in [6.45, 7) is 0. The summed E-state index contributed by atoms with van der Waals surface area (Å²) in [4.78, 5) is 0. The molecule has 0 aliphatic carbocycles. The first-order valence-corrected chi connectivity index (χ1v) is 4.18. The van der Waals surface area contributed by atoms with Crippen LogP contribution in [0.5, 0.6) is 0 Å². The second-order valence-electron chi connectivity index (χ2n) is 1.71. The quantitative estimate of drug-likeness (QED) is 0.703. The molecule has 0 aromatic heterocycles. The van der Waals surface area contributed by atoms with Gasteiger partial charge in [-0.25, -0.2) is 0 Å². The van der Waals surface area contributed by atoms with E-state index in [2.05, 4.69) is 37.9 Å². The van der Waals surface area contributed by atoms with Crippen LogP contribution in [0, 0.1) is 11.3 Å². The monoisotopic (exact) mass is 259 g/mol. The number of hydrogen-bond donors (Lipinski definition) is 0. The highest BCUT2D eigenvalue weighted by atomic mass is 79.9. The highest BCUT2D eigenvalue weighted by Crippen LogP contribution is 2.25. The van der Waals surface area contributed by atoms with Crippen LogP contribution in [-0.4, -0.2) is 0 Å². The average molecular weight is 261 g/mol. The van der Waals surface area contributed by atoms with Crippen molar-refractivity contribution in [3.8, 4) is 6.07 Å². The Labute approximate surface area is 75.9 Å². The highest BCUT2D eigenvalue weighted by molar-refractivity contribution is 9.13. The standard InChI is InChI=1S/C7H3Br2N/c8-6-3-1-2-5(4-10)7(6)9/h1-3H. The lowest BCUT2D eigenvalue weighted by Crippen LogP contribution is -1.76. The molecule has 1 nitrogen and oxygen atoms in total. The molecule has 1 aromatic carbocycles. The molecule has 0 saturated heterocycles. The second-order valence-corrected chi connectivity index (χ2v) is 3.36. The van der Waals surface area contributed by atoms with Crippen LogP contribution < -0.4 is 0 Å². The Morgan fingerprint density at radius 1 is 1.30 bits per heavy atom. The predicted octanol–water partition coefficient (Wildman–Crippen LogP) is 3.08. The Balaban J connectivity index is 3.31. The van der Waals surface area contributed by atoms with Crippen molar-refractivity contribution in [3.63, 3.8) is 0 Å². The second kappa shape index (κ2) is 3.18. The fourth-order valence-corrected chi connectivity index (χ4v) is 1.31. The topological polar surface area (TPSA) is 23.8 Å². The molecule has 0 amide bonds. The fourth-order valence-electron chi connectivity index (χ4n) is 0.590. The molecule has 0 radical (unpaired) electrons. The number of benzene rings is 1. The average Bonchev–Trinajstić information content (AvgIpc) is 1.95. The fraction of sp³-hybridized carbons (Fsp3) is 0. The Morgan fingerprint density at radius 3 is 2.50 bits per heavy atom. The van der Waals surface area contributed by atoms with Gasteiger partial charge in [-0.3, -0.25) is 0 Å². The van der Waals surface area contributed by atoms with Gasteiger partial charge in [0, 0.05) is 8.95 Å². The van der Waals surface area contributed by atoms with Gasteiger partial charge in [0.1, 0.15) is 6.07 Å². The molecule has 0 spiro atoms. The number of rotatable bonds is 0. The predicted molar refractivity (Wildman–Crippen MR) is 46.6 cm³/mol. The molecule has 0 aliphatic rings. The van der Waals surface area contributed by atoms with Crippen LogP contribution in [0.4, 0.5) is 0 Å². The van der Waals surface area contributed by atoms with Crippen molar-refractivity contribution in [2.45, 2.75) is 0 Å². The van der Waals surface area contributed by atoms with Gasteiger partial charge in [-0.1, -0.05) is 6.07 Å². The molecule has 0 atom stereocenters. The summed E-state index contributed by atoms with van der Waals surface area (Å²) in [6, 6.07) is 7.52. The van der Waals surface area contributed by atoms with E-state index < -0.39 is 0 Å². The molecule has 50 valence electrons. The van der Waals surface area contributed by atoms with E-state index in [-0.39, 0.29) is 0 Å². The van der Waals surface area contributed by atoms with E-state index in [0.29, 0.717) is 5.56 Å². The summed E-state index contributed by atoms with van der Waals surface area (Å²) in [7, 11) is 0. The number of nitriles is 1. The minimum atomic E-state index is 0.648. The minimum Gasteiger partial charge on any atom is -0.192 e. The van der Waals surface area contributed by atoms with Gasteiger partial charge >= 0.3 is 0 Å². The van der Waals surface area contributed by atoms with Gasteiger partial charge in [-0.2, -0.15) is 5.26 Å². The maximum absolute atomic E-state index is 8.54. The first-order chi connectivity index (χ1) is 4.75. The van der Waals surface area contributed by atoms with Crippen molar-refractivity contribution in [2.24, 2.45) is 0 Å². The van der Waals surface area contributed by atoms with E-state index in [1.165, 1.54) is 0 Å². The zero-order chi connectivity index (χ0) is 7.56. The minimum absolute atomic E-state index is 0.648. The third-order valence-electron chi connectivity index (χ3n) is 1.07. The molecular weight excluding hydrogens is 258 g/mol. The maximum atomic E-state index is 8.54. The summed E-state index contributed by atoms with van der Waals surface area (Å²) in [5.74, 6) is 0. The van der Waals surface area contributed by atoms with Crippen LogP contribution in [0.15, 0.2) is 27.1 Å². The maximum Gasteiger partial charge on any atom is 0.100 e. The van der Waals surface area contributed by atoms with Crippen molar-refractivity contribution in [3.05, 3.63) is 32.7 Å². The van der Waals surface area contributed by atoms with Crippen molar-refractivity contribution in [1.29, 1.82) is 5.26 Å². The Morgan fingerprint density at radius 2 is 2.00 bits per heavy atom. The van der Waals surface area contributed by atoms with Gasteiger partial charge in [-0.15, -0.1) is 0 Å². The molecule has 1 aromatic rings. The van der Waals surface area contributed by atoms with E-state index in [1.807, 2.05) is 12.1 Å². The number of halogens is 2. The first-order valence-electron chi connectivity index (χ1n) is 2.60. The molecule has 0 saturated carbocycles. The largest absolute Gasteiger partial charge is 0.192 e. The van der Waals surface area contributed by atoms with Crippen LogP contribution >= 0.6 is 31.9 Å². The summed E-state index contributed by atoms with van der Waals surface area (Å²) in [6.07, 6.45) is 0. The highest BCUT2D eigenvalue weighted by Gasteiger charge is 1.99. The lowest BCUT2D eigenvalue weighted by Gasteiger charge is -1.95. The molecule has 0 heterocycles. The molecule has 3 heteroatoms. The Hall–Kier alpha value is -0.330. The zero-order valence-electron chi connectivity index (χ0n) is 4.94. The van der Waals surface area contributed by atoms with Crippen LogP contribution in [0.25, 0.3) is 0 Å². The van der Waals surface area contributed by atoms with E-state index in [4.69, 9.17) is 5.26 Å². The Kier molecular flexibility index (Phi) is 2.47. The van der Waals surface area contributed by atoms with E-state index in [1.54, 1.807) is 6.07 Å². The molecule has 0 unspecified atom stereocenters. The summed E-state index contributed by atoms with van der Waals surface area (Å²) < 4.78 is 1.73. The summed E-state index contributed by atoms with van der Waals surface area (Å²) in [5.41, 5.74) is 0.648. The molecule has 0 fully saturated rings. The molecular formula is C7H3Br2N.